The number of amides is 1. The van der Waals surface area contributed by atoms with Gasteiger partial charge in [-0.3, -0.25) is 4.79 Å². The van der Waals surface area contributed by atoms with E-state index in [1.165, 1.54) is 18.2 Å². The topological polar surface area (TPSA) is 108 Å². The van der Waals surface area contributed by atoms with E-state index in [2.05, 4.69) is 5.32 Å². The summed E-state index contributed by atoms with van der Waals surface area (Å²) in [5, 5.41) is 36.0. The lowest BCUT2D eigenvalue weighted by Crippen LogP contribution is -2.54. The number of hydrogen-bond donors (Lipinski definition) is 4. The Morgan fingerprint density at radius 2 is 1.67 bits per heavy atom. The predicted molar refractivity (Wildman–Crippen MR) is 170 cm³/mol. The van der Waals surface area contributed by atoms with Crippen LogP contribution in [0.2, 0.25) is 5.02 Å². The van der Waals surface area contributed by atoms with Crippen molar-refractivity contribution in [2.75, 3.05) is 17.7 Å². The van der Waals surface area contributed by atoms with E-state index in [1.807, 2.05) is 61.5 Å². The largest absolute Gasteiger partial charge is 0.494 e. The lowest BCUT2D eigenvalue weighted by Gasteiger charge is -2.41. The zero-order valence-electron chi connectivity index (χ0n) is 24.3. The van der Waals surface area contributed by atoms with Gasteiger partial charge in [0.05, 0.1) is 12.7 Å². The van der Waals surface area contributed by atoms with Crippen molar-refractivity contribution < 1.29 is 29.6 Å². The number of carbonyl (C=O) groups excluding carboxylic acids is 1. The van der Waals surface area contributed by atoms with Crippen molar-refractivity contribution in [3.63, 3.8) is 0 Å². The van der Waals surface area contributed by atoms with Crippen LogP contribution in [-0.2, 0) is 16.0 Å². The Labute approximate surface area is 262 Å². The molecule has 2 aliphatic rings. The third-order valence-corrected chi connectivity index (χ3v) is 9.72. The maximum absolute atomic E-state index is 12.6. The lowest BCUT2D eigenvalue weighted by atomic mass is 9.88. The molecule has 2 fully saturated rings. The summed E-state index contributed by atoms with van der Waals surface area (Å²) in [6, 6.07) is 20.9. The van der Waals surface area contributed by atoms with Crippen molar-refractivity contribution in [1.82, 2.24) is 0 Å². The Morgan fingerprint density at radius 3 is 2.37 bits per heavy atom. The van der Waals surface area contributed by atoms with E-state index >= 15 is 0 Å². The normalized spacial score (nSPS) is 24.4. The van der Waals surface area contributed by atoms with Crippen molar-refractivity contribution in [1.29, 1.82) is 0 Å². The summed E-state index contributed by atoms with van der Waals surface area (Å²) >= 11 is 8.01. The summed E-state index contributed by atoms with van der Waals surface area (Å²) in [4.78, 5) is 13.5. The first-order chi connectivity index (χ1) is 20.8. The minimum absolute atomic E-state index is 0.0854. The van der Waals surface area contributed by atoms with Gasteiger partial charge in [0.2, 0.25) is 5.91 Å². The van der Waals surface area contributed by atoms with Crippen LogP contribution in [0.5, 0.6) is 5.75 Å². The van der Waals surface area contributed by atoms with Crippen LogP contribution in [-0.4, -0.2) is 58.0 Å². The number of nitrogens with one attached hydrogen (secondary N) is 1. The average Bonchev–Trinajstić information content (AvgIpc) is 3.03. The highest BCUT2D eigenvalue weighted by Crippen LogP contribution is 2.36. The first-order valence-electron chi connectivity index (χ1n) is 15.1. The second-order valence-corrected chi connectivity index (χ2v) is 12.8. The second-order valence-electron chi connectivity index (χ2n) is 11.3. The Hall–Kier alpha value is -2.59. The SMILES string of the molecule is CCOc1ccc(Cc2cc([C@@H]3O[C@H](CSc4ccc(NC(=O)C5CCCCC5)cc4)[C@@H](O)[C@H](O)[C@H]3O)ccc2Cl)cc1. The van der Waals surface area contributed by atoms with Crippen LogP contribution in [0.4, 0.5) is 5.69 Å². The zero-order valence-corrected chi connectivity index (χ0v) is 25.9. The fourth-order valence-electron chi connectivity index (χ4n) is 5.78. The molecule has 9 heteroatoms. The average molecular weight is 626 g/mol. The molecular formula is C34H40ClNO6S. The number of benzene rings is 3. The van der Waals surface area contributed by atoms with Gasteiger partial charge in [-0.1, -0.05) is 55.1 Å². The molecule has 1 aliphatic carbocycles. The number of carbonyl (C=O) groups is 1. The molecule has 1 amide bonds. The molecule has 0 bridgehead atoms. The number of anilines is 1. The number of aliphatic hydroxyl groups excluding tert-OH is 3. The monoisotopic (exact) mass is 625 g/mol. The van der Waals surface area contributed by atoms with Crippen LogP contribution in [0.3, 0.4) is 0 Å². The third kappa shape index (κ3) is 8.12. The maximum atomic E-state index is 12.6. The second kappa shape index (κ2) is 14.9. The molecule has 0 radical (unpaired) electrons. The van der Waals surface area contributed by atoms with Gasteiger partial charge in [0.15, 0.2) is 0 Å². The first-order valence-corrected chi connectivity index (χ1v) is 16.4. The molecule has 5 atom stereocenters. The summed E-state index contributed by atoms with van der Waals surface area (Å²) in [5.74, 6) is 1.34. The van der Waals surface area contributed by atoms with Gasteiger partial charge in [-0.25, -0.2) is 0 Å². The molecule has 0 aromatic heterocycles. The highest BCUT2D eigenvalue weighted by atomic mass is 35.5. The Morgan fingerprint density at radius 1 is 0.953 bits per heavy atom. The number of hydrogen-bond acceptors (Lipinski definition) is 7. The Balaban J connectivity index is 1.22. The van der Waals surface area contributed by atoms with Gasteiger partial charge in [0.25, 0.3) is 0 Å². The molecule has 43 heavy (non-hydrogen) atoms. The van der Waals surface area contributed by atoms with E-state index in [4.69, 9.17) is 21.1 Å². The zero-order chi connectivity index (χ0) is 30.3. The third-order valence-electron chi connectivity index (χ3n) is 8.25. The van der Waals surface area contributed by atoms with Crippen LogP contribution >= 0.6 is 23.4 Å². The van der Waals surface area contributed by atoms with Crippen LogP contribution < -0.4 is 10.1 Å². The van der Waals surface area contributed by atoms with Crippen LogP contribution in [0, 0.1) is 5.92 Å². The molecule has 3 aromatic rings. The number of aliphatic hydroxyl groups is 3. The fraction of sp³-hybridized carbons (Fsp3) is 0.441. The number of rotatable bonds is 10. The molecule has 1 saturated heterocycles. The van der Waals surface area contributed by atoms with Gasteiger partial charge in [-0.15, -0.1) is 11.8 Å². The summed E-state index contributed by atoms with van der Waals surface area (Å²) < 4.78 is 11.8. The van der Waals surface area contributed by atoms with Crippen molar-refractivity contribution in [3.8, 4) is 5.75 Å². The van der Waals surface area contributed by atoms with E-state index in [1.54, 1.807) is 12.1 Å². The van der Waals surface area contributed by atoms with Crippen LogP contribution in [0.1, 0.15) is 61.8 Å². The van der Waals surface area contributed by atoms with E-state index in [0.29, 0.717) is 29.4 Å². The van der Waals surface area contributed by atoms with Gasteiger partial charge in [0.1, 0.15) is 30.2 Å². The van der Waals surface area contributed by atoms with Gasteiger partial charge < -0.3 is 30.1 Å². The Kier molecular flexibility index (Phi) is 11.0. The molecule has 5 rings (SSSR count). The van der Waals surface area contributed by atoms with Crippen molar-refractivity contribution in [2.24, 2.45) is 5.92 Å². The van der Waals surface area contributed by atoms with Gasteiger partial charge in [-0.05, 0) is 85.3 Å². The molecule has 1 heterocycles. The highest BCUT2D eigenvalue weighted by molar-refractivity contribution is 7.99. The van der Waals surface area contributed by atoms with Gasteiger partial charge in [0, 0.05) is 27.3 Å². The highest BCUT2D eigenvalue weighted by Gasteiger charge is 2.44. The van der Waals surface area contributed by atoms with E-state index in [-0.39, 0.29) is 11.8 Å². The molecule has 1 aliphatic heterocycles. The number of halogens is 1. The smallest absolute Gasteiger partial charge is 0.227 e. The first kappa shape index (κ1) is 31.8. The molecule has 0 spiro atoms. The van der Waals surface area contributed by atoms with Crippen molar-refractivity contribution in [2.45, 2.75) is 80.9 Å². The molecule has 7 nitrogen and oxygen atoms in total. The summed E-state index contributed by atoms with van der Waals surface area (Å²) in [7, 11) is 0. The maximum Gasteiger partial charge on any atom is 0.227 e. The molecular weight excluding hydrogens is 586 g/mol. The minimum Gasteiger partial charge on any atom is -0.494 e. The molecule has 3 aromatic carbocycles. The van der Waals surface area contributed by atoms with Crippen LogP contribution in [0.15, 0.2) is 71.6 Å². The predicted octanol–water partition coefficient (Wildman–Crippen LogP) is 6.16. The van der Waals surface area contributed by atoms with Crippen LogP contribution in [0.25, 0.3) is 0 Å². The number of thioether (sulfide) groups is 1. The van der Waals surface area contributed by atoms with E-state index in [9.17, 15) is 20.1 Å². The van der Waals surface area contributed by atoms with E-state index in [0.717, 1.165) is 53.1 Å². The van der Waals surface area contributed by atoms with Gasteiger partial charge in [-0.2, -0.15) is 0 Å². The Bertz CT molecular complexity index is 1350. The standard InChI is InChI=1S/C34H40ClNO6S/c1-2-41-26-13-8-21(9-14-26)18-24-19-23(10-17-28(24)35)33-32(39)31(38)30(37)29(42-33)20-43-27-15-11-25(12-16-27)36-34(40)22-6-4-3-5-7-22/h8-17,19,22,29-33,37-39H,2-7,18,20H2,1H3,(H,36,40)/t29-,30-,31+,32-,33+/m1/s1. The van der Waals surface area contributed by atoms with E-state index < -0.39 is 30.5 Å². The molecule has 4 N–H and O–H groups in total. The summed E-state index contributed by atoms with van der Waals surface area (Å²) in [5.41, 5.74) is 3.35. The lowest BCUT2D eigenvalue weighted by molar-refractivity contribution is -0.218. The molecule has 0 unspecified atom stereocenters. The van der Waals surface area contributed by atoms with Crippen molar-refractivity contribution in [3.05, 3.63) is 88.4 Å². The minimum atomic E-state index is -1.37. The quantitative estimate of drug-likeness (QED) is 0.200. The molecule has 230 valence electrons. The number of ether oxygens (including phenoxy) is 2. The van der Waals surface area contributed by atoms with Gasteiger partial charge >= 0.3 is 0 Å². The van der Waals surface area contributed by atoms with Crippen molar-refractivity contribution >= 4 is 35.0 Å². The summed E-state index contributed by atoms with van der Waals surface area (Å²) in [6.45, 7) is 2.54. The molecule has 1 saturated carbocycles. The summed E-state index contributed by atoms with van der Waals surface area (Å²) in [6.07, 6.45) is 0.424. The fourth-order valence-corrected chi connectivity index (χ4v) is 6.93.